The third-order valence-corrected chi connectivity index (χ3v) is 4.99. The van der Waals surface area contributed by atoms with E-state index in [2.05, 4.69) is 74.6 Å². The fraction of sp³-hybridized carbons (Fsp3) is 0.391. The minimum absolute atomic E-state index is 0.268. The Hall–Kier alpha value is -1.86. The molecule has 126 valence electrons. The number of nitrogens with two attached hydrogens (primary N) is 1. The minimum atomic E-state index is 0.268. The highest BCUT2D eigenvalue weighted by Gasteiger charge is 2.17. The standard InChI is InChI=1S/C23H29N/c1-17-6-3-8-20(14-17)22-10-5-11-23(16-22)21-9-4-7-19(15-21)13-12-18(2)24/h3-5,7-11,14-15,17-18,23H,6,12-13,16,24H2,1-2H3. The predicted octanol–water partition coefficient (Wildman–Crippen LogP) is 5.46. The van der Waals surface area contributed by atoms with Gasteiger partial charge in [-0.2, -0.15) is 0 Å². The molecule has 0 fully saturated rings. The molecule has 0 saturated carbocycles. The van der Waals surface area contributed by atoms with E-state index in [0.717, 1.165) is 25.7 Å². The van der Waals surface area contributed by atoms with E-state index in [1.54, 1.807) is 0 Å². The van der Waals surface area contributed by atoms with Gasteiger partial charge in [0.05, 0.1) is 0 Å². The zero-order valence-electron chi connectivity index (χ0n) is 14.9. The van der Waals surface area contributed by atoms with Crippen LogP contribution in [0.25, 0.3) is 0 Å². The first kappa shape index (κ1) is 17.0. The Bertz CT molecular complexity index is 688. The lowest BCUT2D eigenvalue weighted by Crippen LogP contribution is -2.15. The molecular weight excluding hydrogens is 290 g/mol. The Morgan fingerprint density at radius 1 is 1.29 bits per heavy atom. The van der Waals surface area contributed by atoms with Gasteiger partial charge in [-0.1, -0.05) is 67.6 Å². The molecule has 1 heteroatoms. The van der Waals surface area contributed by atoms with E-state index >= 15 is 0 Å². The van der Waals surface area contributed by atoms with Crippen molar-refractivity contribution in [3.05, 3.63) is 83.0 Å². The molecule has 1 nitrogen and oxygen atoms in total. The lowest BCUT2D eigenvalue weighted by Gasteiger charge is -2.22. The first-order valence-electron chi connectivity index (χ1n) is 9.22. The van der Waals surface area contributed by atoms with Crippen molar-refractivity contribution in [1.29, 1.82) is 0 Å². The molecule has 2 aliphatic carbocycles. The average Bonchev–Trinajstić information content (AvgIpc) is 2.60. The third kappa shape index (κ3) is 4.36. The Morgan fingerprint density at radius 2 is 2.17 bits per heavy atom. The number of rotatable bonds is 5. The molecule has 2 aliphatic rings. The Kier molecular flexibility index (Phi) is 5.52. The van der Waals surface area contributed by atoms with Crippen molar-refractivity contribution in [3.63, 3.8) is 0 Å². The predicted molar refractivity (Wildman–Crippen MR) is 104 cm³/mol. The lowest BCUT2D eigenvalue weighted by molar-refractivity contribution is 0.665. The van der Waals surface area contributed by atoms with Crippen LogP contribution in [-0.4, -0.2) is 6.04 Å². The van der Waals surface area contributed by atoms with Crippen molar-refractivity contribution in [3.8, 4) is 0 Å². The van der Waals surface area contributed by atoms with E-state index in [-0.39, 0.29) is 6.04 Å². The van der Waals surface area contributed by atoms with Crippen LogP contribution >= 0.6 is 0 Å². The highest BCUT2D eigenvalue weighted by Crippen LogP contribution is 2.34. The summed E-state index contributed by atoms with van der Waals surface area (Å²) in [4.78, 5) is 0. The van der Waals surface area contributed by atoms with E-state index in [4.69, 9.17) is 5.73 Å². The van der Waals surface area contributed by atoms with Crippen LogP contribution in [0, 0.1) is 5.92 Å². The molecule has 0 radical (unpaired) electrons. The van der Waals surface area contributed by atoms with Crippen molar-refractivity contribution in [2.45, 2.75) is 51.5 Å². The minimum Gasteiger partial charge on any atom is -0.328 e. The molecule has 0 spiro atoms. The lowest BCUT2D eigenvalue weighted by atomic mass is 9.82. The molecule has 0 aliphatic heterocycles. The van der Waals surface area contributed by atoms with Crippen LogP contribution in [0.5, 0.6) is 0 Å². The maximum Gasteiger partial charge on any atom is 0.00618 e. The van der Waals surface area contributed by atoms with Crippen LogP contribution in [0.4, 0.5) is 0 Å². The highest BCUT2D eigenvalue weighted by molar-refractivity contribution is 5.47. The number of allylic oxidation sites excluding steroid dienone is 8. The van der Waals surface area contributed by atoms with Gasteiger partial charge < -0.3 is 5.73 Å². The highest BCUT2D eigenvalue weighted by atomic mass is 14.6. The van der Waals surface area contributed by atoms with Gasteiger partial charge in [0.15, 0.2) is 0 Å². The molecule has 3 atom stereocenters. The van der Waals surface area contributed by atoms with E-state index in [1.807, 2.05) is 0 Å². The zero-order valence-corrected chi connectivity index (χ0v) is 14.9. The van der Waals surface area contributed by atoms with Gasteiger partial charge in [-0.25, -0.2) is 0 Å². The maximum absolute atomic E-state index is 5.90. The third-order valence-electron chi connectivity index (χ3n) is 4.99. The average molecular weight is 319 g/mol. The summed E-state index contributed by atoms with van der Waals surface area (Å²) in [5, 5.41) is 0. The van der Waals surface area contributed by atoms with Gasteiger partial charge in [0.1, 0.15) is 0 Å². The van der Waals surface area contributed by atoms with Gasteiger partial charge in [-0.15, -0.1) is 0 Å². The molecule has 2 N–H and O–H groups in total. The largest absolute Gasteiger partial charge is 0.328 e. The van der Waals surface area contributed by atoms with E-state index in [9.17, 15) is 0 Å². The Balaban J connectivity index is 1.73. The summed E-state index contributed by atoms with van der Waals surface area (Å²) in [7, 11) is 0. The number of benzene rings is 1. The molecule has 0 amide bonds. The molecule has 1 aromatic carbocycles. The summed E-state index contributed by atoms with van der Waals surface area (Å²) in [6, 6.07) is 9.32. The van der Waals surface area contributed by atoms with Crippen LogP contribution in [0.3, 0.4) is 0 Å². The van der Waals surface area contributed by atoms with E-state index in [0.29, 0.717) is 11.8 Å². The van der Waals surface area contributed by atoms with Gasteiger partial charge >= 0.3 is 0 Å². The molecular formula is C23H29N. The van der Waals surface area contributed by atoms with Gasteiger partial charge in [-0.05, 0) is 60.8 Å². The van der Waals surface area contributed by atoms with Crippen molar-refractivity contribution < 1.29 is 0 Å². The van der Waals surface area contributed by atoms with Crippen LogP contribution in [0.1, 0.15) is 50.2 Å². The summed E-state index contributed by atoms with van der Waals surface area (Å²) in [5.41, 5.74) is 11.6. The van der Waals surface area contributed by atoms with Gasteiger partial charge in [-0.3, -0.25) is 0 Å². The first-order valence-corrected chi connectivity index (χ1v) is 9.22. The molecule has 0 bridgehead atoms. The summed E-state index contributed by atoms with van der Waals surface area (Å²) < 4.78 is 0. The SMILES string of the molecule is CC(N)CCc1cccc(C2C=CC=C(C3=CC(C)CC=C3)C2)c1. The second-order valence-corrected chi connectivity index (χ2v) is 7.39. The van der Waals surface area contributed by atoms with Crippen LogP contribution in [0.2, 0.25) is 0 Å². The van der Waals surface area contributed by atoms with Crippen LogP contribution < -0.4 is 5.73 Å². The van der Waals surface area contributed by atoms with Gasteiger partial charge in [0.25, 0.3) is 0 Å². The van der Waals surface area contributed by atoms with E-state index < -0.39 is 0 Å². The number of hydrogen-bond acceptors (Lipinski definition) is 1. The topological polar surface area (TPSA) is 26.0 Å². The first-order chi connectivity index (χ1) is 11.6. The maximum atomic E-state index is 5.90. The van der Waals surface area contributed by atoms with Crippen molar-refractivity contribution in [1.82, 2.24) is 0 Å². The molecule has 3 rings (SSSR count). The molecule has 0 aromatic heterocycles. The van der Waals surface area contributed by atoms with Crippen LogP contribution in [-0.2, 0) is 6.42 Å². The smallest absolute Gasteiger partial charge is 0.00618 e. The molecule has 24 heavy (non-hydrogen) atoms. The van der Waals surface area contributed by atoms with Gasteiger partial charge in [0.2, 0.25) is 0 Å². The Labute approximate surface area is 146 Å². The fourth-order valence-corrected chi connectivity index (χ4v) is 3.55. The fourth-order valence-electron chi connectivity index (χ4n) is 3.55. The molecule has 3 unspecified atom stereocenters. The quantitative estimate of drug-likeness (QED) is 0.766. The summed E-state index contributed by atoms with van der Waals surface area (Å²) in [6.45, 7) is 4.37. The molecule has 1 aromatic rings. The second kappa shape index (κ2) is 7.81. The second-order valence-electron chi connectivity index (χ2n) is 7.39. The van der Waals surface area contributed by atoms with Crippen molar-refractivity contribution in [2.75, 3.05) is 0 Å². The molecule has 0 heterocycles. The summed E-state index contributed by atoms with van der Waals surface area (Å²) >= 11 is 0. The Morgan fingerprint density at radius 3 is 2.96 bits per heavy atom. The van der Waals surface area contributed by atoms with Crippen molar-refractivity contribution in [2.24, 2.45) is 11.7 Å². The van der Waals surface area contributed by atoms with Crippen molar-refractivity contribution >= 4 is 0 Å². The number of hydrogen-bond donors (Lipinski definition) is 1. The van der Waals surface area contributed by atoms with E-state index in [1.165, 1.54) is 22.3 Å². The summed E-state index contributed by atoms with van der Waals surface area (Å²) in [5.74, 6) is 1.13. The van der Waals surface area contributed by atoms with Crippen LogP contribution in [0.15, 0.2) is 71.9 Å². The zero-order chi connectivity index (χ0) is 16.9. The molecule has 0 saturated heterocycles. The monoisotopic (exact) mass is 319 g/mol. The summed E-state index contributed by atoms with van der Waals surface area (Å²) in [6.07, 6.45) is 18.2. The normalized spacial score (nSPS) is 24.5. The number of aryl methyl sites for hydroxylation is 1. The van der Waals surface area contributed by atoms with Gasteiger partial charge in [0, 0.05) is 12.0 Å².